The Hall–Kier alpha value is -3.26. The molecule has 0 amide bonds. The summed E-state index contributed by atoms with van der Waals surface area (Å²) in [6, 6.07) is 19.2. The van der Waals surface area contributed by atoms with Gasteiger partial charge in [-0.05, 0) is 36.8 Å². The molecule has 1 N–H and O–H groups in total. The fourth-order valence-electron chi connectivity index (χ4n) is 2.65. The van der Waals surface area contributed by atoms with Crippen molar-refractivity contribution in [2.45, 2.75) is 13.3 Å². The number of aromatic nitrogens is 2. The highest BCUT2D eigenvalue weighted by Gasteiger charge is 2.15. The van der Waals surface area contributed by atoms with Crippen molar-refractivity contribution in [2.75, 3.05) is 5.32 Å². The zero-order valence-corrected chi connectivity index (χ0v) is 13.7. The largest absolute Gasteiger partial charge is 0.349 e. The molecule has 0 aliphatic heterocycles. The first-order valence-electron chi connectivity index (χ1n) is 7.68. The molecule has 5 heteroatoms. The zero-order chi connectivity index (χ0) is 17.1. The Labute approximate surface area is 140 Å². The second-order valence-corrected chi connectivity index (χ2v) is 5.59. The molecule has 1 aromatic heterocycles. The number of nitriles is 1. The predicted molar refractivity (Wildman–Crippen MR) is 94.8 cm³/mol. The Morgan fingerprint density at radius 1 is 1.08 bits per heavy atom. The van der Waals surface area contributed by atoms with E-state index in [1.165, 1.54) is 0 Å². The second kappa shape index (κ2) is 6.47. The lowest BCUT2D eigenvalue weighted by Gasteiger charge is -2.07. The van der Waals surface area contributed by atoms with E-state index >= 15 is 0 Å². The molecule has 0 bridgehead atoms. The van der Waals surface area contributed by atoms with Crippen LogP contribution >= 0.6 is 0 Å². The summed E-state index contributed by atoms with van der Waals surface area (Å²) in [7, 11) is 1.87. The summed E-state index contributed by atoms with van der Waals surface area (Å²) >= 11 is 0. The van der Waals surface area contributed by atoms with Crippen LogP contribution in [0.25, 0.3) is 5.69 Å². The van der Waals surface area contributed by atoms with Crippen molar-refractivity contribution >= 4 is 11.4 Å². The minimum Gasteiger partial charge on any atom is -0.349 e. The highest BCUT2D eigenvalue weighted by atomic mass is 16.1. The third-order valence-corrected chi connectivity index (χ3v) is 4.06. The molecular formula is C19H18N4O. The van der Waals surface area contributed by atoms with Gasteiger partial charge in [-0.25, -0.2) is 4.68 Å². The minimum absolute atomic E-state index is 0.0951. The number of benzene rings is 2. The first-order chi connectivity index (χ1) is 11.6. The topological polar surface area (TPSA) is 62.8 Å². The van der Waals surface area contributed by atoms with Crippen LogP contribution in [0, 0.1) is 18.3 Å². The van der Waals surface area contributed by atoms with Crippen LogP contribution in [0.3, 0.4) is 0 Å². The SMILES string of the molecule is Cc1c(Nc2ccc(CC#N)cc2)c(=O)n(-c2ccccc2)n1C. The molecule has 3 rings (SSSR count). The van der Waals surface area contributed by atoms with Crippen molar-refractivity contribution in [3.63, 3.8) is 0 Å². The Morgan fingerprint density at radius 2 is 1.75 bits per heavy atom. The normalized spacial score (nSPS) is 10.4. The average molecular weight is 318 g/mol. The van der Waals surface area contributed by atoms with Crippen LogP contribution in [-0.2, 0) is 13.5 Å². The number of nitrogens with zero attached hydrogens (tertiary/aromatic N) is 3. The molecule has 2 aromatic carbocycles. The quantitative estimate of drug-likeness (QED) is 0.803. The summed E-state index contributed by atoms with van der Waals surface area (Å²) in [6.45, 7) is 1.91. The van der Waals surface area contributed by atoms with Crippen LogP contribution in [0.4, 0.5) is 11.4 Å². The average Bonchev–Trinajstić information content (AvgIpc) is 2.81. The van der Waals surface area contributed by atoms with E-state index in [1.54, 1.807) is 4.68 Å². The van der Waals surface area contributed by atoms with Gasteiger partial charge in [0.1, 0.15) is 5.69 Å². The number of rotatable bonds is 4. The smallest absolute Gasteiger partial charge is 0.295 e. The Balaban J connectivity index is 1.98. The van der Waals surface area contributed by atoms with Gasteiger partial charge in [0.25, 0.3) is 5.56 Å². The molecule has 0 aliphatic rings. The molecule has 24 heavy (non-hydrogen) atoms. The number of hydrogen-bond donors (Lipinski definition) is 1. The number of para-hydroxylation sites is 1. The third-order valence-electron chi connectivity index (χ3n) is 4.06. The van der Waals surface area contributed by atoms with Gasteiger partial charge in [-0.1, -0.05) is 30.3 Å². The first kappa shape index (κ1) is 15.6. The maximum absolute atomic E-state index is 12.8. The van der Waals surface area contributed by atoms with E-state index in [1.807, 2.05) is 73.3 Å². The molecule has 0 fully saturated rings. The highest BCUT2D eigenvalue weighted by Crippen LogP contribution is 2.19. The summed E-state index contributed by atoms with van der Waals surface area (Å²) in [6.07, 6.45) is 0.380. The molecule has 0 saturated carbocycles. The molecular weight excluding hydrogens is 300 g/mol. The lowest BCUT2D eigenvalue weighted by Crippen LogP contribution is -2.20. The molecule has 1 heterocycles. The van der Waals surface area contributed by atoms with E-state index < -0.39 is 0 Å². The molecule has 0 atom stereocenters. The summed E-state index contributed by atoms with van der Waals surface area (Å²) in [5.74, 6) is 0. The van der Waals surface area contributed by atoms with Gasteiger partial charge in [-0.3, -0.25) is 9.48 Å². The van der Waals surface area contributed by atoms with Crippen molar-refractivity contribution in [3.05, 3.63) is 76.2 Å². The summed E-state index contributed by atoms with van der Waals surface area (Å²) < 4.78 is 3.48. The van der Waals surface area contributed by atoms with Crippen molar-refractivity contribution < 1.29 is 0 Å². The van der Waals surface area contributed by atoms with Gasteiger partial charge in [0.2, 0.25) is 0 Å². The molecule has 3 aromatic rings. The van der Waals surface area contributed by atoms with Gasteiger partial charge in [0, 0.05) is 12.7 Å². The zero-order valence-electron chi connectivity index (χ0n) is 13.7. The van der Waals surface area contributed by atoms with E-state index in [2.05, 4.69) is 11.4 Å². The molecule has 0 saturated heterocycles. The standard InChI is InChI=1S/C19H18N4O/c1-14-18(21-16-10-8-15(9-11-16)12-13-20)19(24)23(22(14)2)17-6-4-3-5-7-17/h3-11,21H,12H2,1-2H3. The number of nitrogens with one attached hydrogen (secondary N) is 1. The van der Waals surface area contributed by atoms with Crippen molar-refractivity contribution in [1.29, 1.82) is 5.26 Å². The summed E-state index contributed by atoms with van der Waals surface area (Å²) in [4.78, 5) is 12.8. The monoisotopic (exact) mass is 318 g/mol. The highest BCUT2D eigenvalue weighted by molar-refractivity contribution is 5.62. The van der Waals surface area contributed by atoms with E-state index in [-0.39, 0.29) is 5.56 Å². The van der Waals surface area contributed by atoms with Crippen LogP contribution in [-0.4, -0.2) is 9.36 Å². The number of anilines is 2. The maximum atomic E-state index is 12.8. The third kappa shape index (κ3) is 2.82. The van der Waals surface area contributed by atoms with Gasteiger partial charge in [-0.2, -0.15) is 5.26 Å². The lowest BCUT2D eigenvalue weighted by molar-refractivity contribution is 0.630. The molecule has 0 radical (unpaired) electrons. The molecule has 120 valence electrons. The van der Waals surface area contributed by atoms with Crippen LogP contribution < -0.4 is 10.9 Å². The van der Waals surface area contributed by atoms with Crippen LogP contribution in [0.5, 0.6) is 0 Å². The lowest BCUT2D eigenvalue weighted by atomic mass is 10.1. The van der Waals surface area contributed by atoms with Crippen molar-refractivity contribution in [1.82, 2.24) is 9.36 Å². The molecule has 0 aliphatic carbocycles. The van der Waals surface area contributed by atoms with Gasteiger partial charge >= 0.3 is 0 Å². The molecule has 0 unspecified atom stereocenters. The summed E-state index contributed by atoms with van der Waals surface area (Å²) in [5, 5.41) is 11.9. The van der Waals surface area contributed by atoms with Crippen LogP contribution in [0.15, 0.2) is 59.4 Å². The van der Waals surface area contributed by atoms with E-state index in [0.717, 1.165) is 22.6 Å². The van der Waals surface area contributed by atoms with Gasteiger partial charge in [-0.15, -0.1) is 0 Å². The van der Waals surface area contributed by atoms with E-state index in [9.17, 15) is 4.79 Å². The van der Waals surface area contributed by atoms with Gasteiger partial charge in [0.15, 0.2) is 0 Å². The van der Waals surface area contributed by atoms with Gasteiger partial charge in [0.05, 0.1) is 23.9 Å². The first-order valence-corrected chi connectivity index (χ1v) is 7.68. The van der Waals surface area contributed by atoms with Crippen molar-refractivity contribution in [2.24, 2.45) is 7.05 Å². The number of hydrogen-bond acceptors (Lipinski definition) is 3. The van der Waals surface area contributed by atoms with Crippen molar-refractivity contribution in [3.8, 4) is 11.8 Å². The Kier molecular flexibility index (Phi) is 4.21. The Morgan fingerprint density at radius 3 is 2.38 bits per heavy atom. The van der Waals surface area contributed by atoms with E-state index in [0.29, 0.717) is 12.1 Å². The van der Waals surface area contributed by atoms with Gasteiger partial charge < -0.3 is 5.32 Å². The second-order valence-electron chi connectivity index (χ2n) is 5.59. The maximum Gasteiger partial charge on any atom is 0.295 e. The van der Waals surface area contributed by atoms with E-state index in [4.69, 9.17) is 5.26 Å². The predicted octanol–water partition coefficient (Wildman–Crippen LogP) is 3.29. The fraction of sp³-hybridized carbons (Fsp3) is 0.158. The fourth-order valence-corrected chi connectivity index (χ4v) is 2.65. The molecule has 5 nitrogen and oxygen atoms in total. The molecule has 0 spiro atoms. The minimum atomic E-state index is -0.0951. The van der Waals surface area contributed by atoms with Crippen LogP contribution in [0.2, 0.25) is 0 Å². The van der Waals surface area contributed by atoms with Crippen LogP contribution in [0.1, 0.15) is 11.3 Å². The summed E-state index contributed by atoms with van der Waals surface area (Å²) in [5.41, 5.74) is 3.91. The Bertz CT molecular complexity index is 944.